The number of thiazole rings is 1. The van der Waals surface area contributed by atoms with E-state index in [4.69, 9.17) is 5.73 Å². The predicted molar refractivity (Wildman–Crippen MR) is 81.5 cm³/mol. The highest BCUT2D eigenvalue weighted by molar-refractivity contribution is 7.14. The summed E-state index contributed by atoms with van der Waals surface area (Å²) in [6.45, 7) is 0. The van der Waals surface area contributed by atoms with E-state index in [1.54, 1.807) is 0 Å². The minimum Gasteiger partial charge on any atom is -0.328 e. The topological polar surface area (TPSA) is 68.0 Å². The maximum atomic E-state index is 12.1. The fourth-order valence-electron chi connectivity index (χ4n) is 2.53. The van der Waals surface area contributed by atoms with E-state index < -0.39 is 0 Å². The first kappa shape index (κ1) is 13.3. The summed E-state index contributed by atoms with van der Waals surface area (Å²) < 4.78 is 0. The number of hydrogen-bond donors (Lipinski definition) is 2. The largest absolute Gasteiger partial charge is 0.328 e. The second-order valence-electron chi connectivity index (χ2n) is 5.16. The lowest BCUT2D eigenvalue weighted by Gasteiger charge is -2.08. The molecule has 2 atom stereocenters. The van der Waals surface area contributed by atoms with Crippen LogP contribution in [0.5, 0.6) is 0 Å². The van der Waals surface area contributed by atoms with Gasteiger partial charge >= 0.3 is 0 Å². The number of nitrogens with one attached hydrogen (secondary N) is 1. The van der Waals surface area contributed by atoms with Gasteiger partial charge < -0.3 is 11.1 Å². The molecule has 1 aromatic carbocycles. The molecular formula is C15H17N3OS. The number of hydrogen-bond acceptors (Lipinski definition) is 4. The molecule has 1 amide bonds. The van der Waals surface area contributed by atoms with Gasteiger partial charge in [0.1, 0.15) is 0 Å². The Balaban J connectivity index is 1.67. The first-order chi connectivity index (χ1) is 9.72. The van der Waals surface area contributed by atoms with Crippen molar-refractivity contribution in [3.63, 3.8) is 0 Å². The monoisotopic (exact) mass is 287 g/mol. The smallest absolute Gasteiger partial charge is 0.229 e. The van der Waals surface area contributed by atoms with Gasteiger partial charge in [-0.2, -0.15) is 0 Å². The molecule has 0 spiro atoms. The second kappa shape index (κ2) is 5.73. The molecule has 0 bridgehead atoms. The van der Waals surface area contributed by atoms with Crippen LogP contribution in [0.1, 0.15) is 19.3 Å². The van der Waals surface area contributed by atoms with E-state index >= 15 is 0 Å². The summed E-state index contributed by atoms with van der Waals surface area (Å²) in [6, 6.07) is 10.1. The van der Waals surface area contributed by atoms with E-state index in [9.17, 15) is 4.79 Å². The molecule has 1 saturated carbocycles. The summed E-state index contributed by atoms with van der Waals surface area (Å²) >= 11 is 1.46. The zero-order chi connectivity index (χ0) is 13.9. The van der Waals surface area contributed by atoms with E-state index in [2.05, 4.69) is 10.3 Å². The number of carbonyl (C=O) groups excluding carboxylic acids is 1. The Bertz CT molecular complexity index is 596. The van der Waals surface area contributed by atoms with Crippen LogP contribution in [-0.4, -0.2) is 16.9 Å². The Kier molecular flexibility index (Phi) is 3.80. The third-order valence-corrected chi connectivity index (χ3v) is 4.41. The molecule has 1 aromatic heterocycles. The first-order valence-corrected chi connectivity index (χ1v) is 7.68. The zero-order valence-electron chi connectivity index (χ0n) is 11.1. The summed E-state index contributed by atoms with van der Waals surface area (Å²) in [5.74, 6) is 0.0842. The average Bonchev–Trinajstić information content (AvgIpc) is 3.09. The van der Waals surface area contributed by atoms with Crippen LogP contribution < -0.4 is 11.1 Å². The number of anilines is 1. The van der Waals surface area contributed by atoms with Crippen LogP contribution in [0.4, 0.5) is 5.13 Å². The number of carbonyl (C=O) groups is 1. The fraction of sp³-hybridized carbons (Fsp3) is 0.333. The number of nitrogens with two attached hydrogens (primary N) is 1. The lowest BCUT2D eigenvalue weighted by molar-refractivity contribution is -0.119. The molecule has 0 aliphatic heterocycles. The van der Waals surface area contributed by atoms with Gasteiger partial charge in [-0.05, 0) is 19.3 Å². The molecule has 20 heavy (non-hydrogen) atoms. The number of rotatable bonds is 3. The number of nitrogens with zero attached hydrogens (tertiary/aromatic N) is 1. The molecule has 5 heteroatoms. The Morgan fingerprint density at radius 2 is 2.10 bits per heavy atom. The van der Waals surface area contributed by atoms with Crippen LogP contribution >= 0.6 is 11.3 Å². The Morgan fingerprint density at radius 3 is 2.80 bits per heavy atom. The van der Waals surface area contributed by atoms with Gasteiger partial charge in [0.2, 0.25) is 5.91 Å². The molecule has 1 fully saturated rings. The fourth-order valence-corrected chi connectivity index (χ4v) is 3.26. The van der Waals surface area contributed by atoms with Gasteiger partial charge in [0.25, 0.3) is 0 Å². The van der Waals surface area contributed by atoms with E-state index in [1.165, 1.54) is 11.3 Å². The quantitative estimate of drug-likeness (QED) is 0.912. The Hall–Kier alpha value is -1.72. The van der Waals surface area contributed by atoms with Crippen molar-refractivity contribution in [2.24, 2.45) is 11.7 Å². The third-order valence-electron chi connectivity index (χ3n) is 3.65. The summed E-state index contributed by atoms with van der Waals surface area (Å²) in [5, 5.41) is 5.53. The van der Waals surface area contributed by atoms with Gasteiger partial charge in [-0.1, -0.05) is 30.3 Å². The molecule has 2 unspecified atom stereocenters. The van der Waals surface area contributed by atoms with E-state index in [1.807, 2.05) is 35.7 Å². The van der Waals surface area contributed by atoms with E-state index in [0.717, 1.165) is 30.5 Å². The van der Waals surface area contributed by atoms with Crippen LogP contribution in [0.3, 0.4) is 0 Å². The van der Waals surface area contributed by atoms with Gasteiger partial charge in [0.15, 0.2) is 5.13 Å². The molecule has 1 heterocycles. The van der Waals surface area contributed by atoms with E-state index in [-0.39, 0.29) is 17.9 Å². The molecule has 1 aliphatic carbocycles. The lowest BCUT2D eigenvalue weighted by atomic mass is 10.1. The van der Waals surface area contributed by atoms with Crippen molar-refractivity contribution in [1.82, 2.24) is 4.98 Å². The summed E-state index contributed by atoms with van der Waals surface area (Å²) in [7, 11) is 0. The van der Waals surface area contributed by atoms with Crippen molar-refractivity contribution in [3.05, 3.63) is 35.7 Å². The van der Waals surface area contributed by atoms with E-state index in [0.29, 0.717) is 5.13 Å². The third kappa shape index (κ3) is 2.89. The molecule has 3 rings (SSSR count). The van der Waals surface area contributed by atoms with Crippen molar-refractivity contribution in [3.8, 4) is 11.3 Å². The number of benzene rings is 1. The number of aromatic nitrogens is 1. The molecular weight excluding hydrogens is 270 g/mol. The molecule has 2 aromatic rings. The van der Waals surface area contributed by atoms with Crippen molar-refractivity contribution in [2.75, 3.05) is 5.32 Å². The molecule has 4 nitrogen and oxygen atoms in total. The highest BCUT2D eigenvalue weighted by Crippen LogP contribution is 2.28. The van der Waals surface area contributed by atoms with Crippen molar-refractivity contribution >= 4 is 22.4 Å². The molecule has 1 aliphatic rings. The highest BCUT2D eigenvalue weighted by Gasteiger charge is 2.28. The molecule has 0 radical (unpaired) electrons. The standard InChI is InChI=1S/C15H17N3OS/c16-12-7-6-11(8-12)14(19)18-15-17-13(9-20-15)10-4-2-1-3-5-10/h1-5,9,11-12H,6-8,16H2,(H,17,18,19). The summed E-state index contributed by atoms with van der Waals surface area (Å²) in [5.41, 5.74) is 7.80. The molecule has 0 saturated heterocycles. The van der Waals surface area contributed by atoms with Crippen molar-refractivity contribution in [1.29, 1.82) is 0 Å². The normalized spacial score (nSPS) is 21.9. The van der Waals surface area contributed by atoms with Crippen LogP contribution in [0.2, 0.25) is 0 Å². The van der Waals surface area contributed by atoms with Crippen LogP contribution in [0.15, 0.2) is 35.7 Å². The SMILES string of the molecule is NC1CCC(C(=O)Nc2nc(-c3ccccc3)cs2)C1. The van der Waals surface area contributed by atoms with Crippen LogP contribution in [-0.2, 0) is 4.79 Å². The summed E-state index contributed by atoms with van der Waals surface area (Å²) in [6.07, 6.45) is 2.60. The Morgan fingerprint density at radius 1 is 1.30 bits per heavy atom. The summed E-state index contributed by atoms with van der Waals surface area (Å²) in [4.78, 5) is 16.6. The second-order valence-corrected chi connectivity index (χ2v) is 6.02. The number of amides is 1. The van der Waals surface area contributed by atoms with Crippen LogP contribution in [0.25, 0.3) is 11.3 Å². The lowest BCUT2D eigenvalue weighted by Crippen LogP contribution is -2.23. The minimum atomic E-state index is 0.0362. The predicted octanol–water partition coefficient (Wildman–Crippen LogP) is 2.88. The van der Waals surface area contributed by atoms with Gasteiger partial charge in [-0.15, -0.1) is 11.3 Å². The van der Waals surface area contributed by atoms with Gasteiger partial charge in [0.05, 0.1) is 5.69 Å². The van der Waals surface area contributed by atoms with Crippen molar-refractivity contribution < 1.29 is 4.79 Å². The molecule has 104 valence electrons. The minimum absolute atomic E-state index is 0.0362. The average molecular weight is 287 g/mol. The highest BCUT2D eigenvalue weighted by atomic mass is 32.1. The maximum absolute atomic E-state index is 12.1. The van der Waals surface area contributed by atoms with Gasteiger partial charge in [-0.3, -0.25) is 4.79 Å². The molecule has 3 N–H and O–H groups in total. The van der Waals surface area contributed by atoms with Crippen molar-refractivity contribution in [2.45, 2.75) is 25.3 Å². The Labute approximate surface area is 122 Å². The zero-order valence-corrected chi connectivity index (χ0v) is 11.9. The van der Waals surface area contributed by atoms with Gasteiger partial charge in [-0.25, -0.2) is 4.98 Å². The maximum Gasteiger partial charge on any atom is 0.229 e. The van der Waals surface area contributed by atoms with Gasteiger partial charge in [0, 0.05) is 22.9 Å². The first-order valence-electron chi connectivity index (χ1n) is 6.80. The van der Waals surface area contributed by atoms with Crippen LogP contribution in [0, 0.1) is 5.92 Å².